The van der Waals surface area contributed by atoms with Gasteiger partial charge in [-0.25, -0.2) is 4.98 Å². The minimum Gasteiger partial charge on any atom is -0.733 e. The van der Waals surface area contributed by atoms with Crippen molar-refractivity contribution in [2.45, 2.75) is 16.7 Å². The van der Waals surface area contributed by atoms with Crippen LogP contribution in [0.15, 0.2) is 64.4 Å². The lowest BCUT2D eigenvalue weighted by Crippen LogP contribution is -2.06. The molecule has 142 valence electrons. The van der Waals surface area contributed by atoms with Crippen molar-refractivity contribution in [3.63, 3.8) is 0 Å². The van der Waals surface area contributed by atoms with Crippen molar-refractivity contribution in [3.05, 3.63) is 70.4 Å². The summed E-state index contributed by atoms with van der Waals surface area (Å²) in [6, 6.07) is 16.5. The summed E-state index contributed by atoms with van der Waals surface area (Å²) in [4.78, 5) is 6.73. The molecule has 1 aromatic heterocycles. The van der Waals surface area contributed by atoms with Crippen molar-refractivity contribution in [1.82, 2.24) is 4.98 Å². The third kappa shape index (κ3) is 3.47. The molecule has 5 nitrogen and oxygen atoms in total. The van der Waals surface area contributed by atoms with Crippen LogP contribution in [0.5, 0.6) is 5.75 Å². The van der Waals surface area contributed by atoms with Gasteiger partial charge in [-0.15, -0.1) is 0 Å². The van der Waals surface area contributed by atoms with Crippen molar-refractivity contribution >= 4 is 50.9 Å². The highest BCUT2D eigenvalue weighted by Gasteiger charge is 2.14. The van der Waals surface area contributed by atoms with E-state index in [1.165, 1.54) is 0 Å². The van der Waals surface area contributed by atoms with E-state index in [2.05, 4.69) is 0 Å². The zero-order valence-corrected chi connectivity index (χ0v) is 16.7. The van der Waals surface area contributed by atoms with E-state index in [0.29, 0.717) is 5.02 Å². The fraction of sp³-hybridized carbons (Fsp3) is 0.0952. The number of hydrogen-bond acceptors (Lipinski definition) is 6. The predicted octanol–water partition coefficient (Wildman–Crippen LogP) is 6.20. The summed E-state index contributed by atoms with van der Waals surface area (Å²) in [5.41, 5.74) is 2.73. The van der Waals surface area contributed by atoms with E-state index in [1.54, 1.807) is 31.0 Å². The molecule has 1 heterocycles. The van der Waals surface area contributed by atoms with Crippen LogP contribution in [0.4, 0.5) is 5.69 Å². The summed E-state index contributed by atoms with van der Waals surface area (Å²) in [5.74, 6) is 0.749. The normalized spacial score (nSPS) is 11.2. The lowest BCUT2D eigenvalue weighted by molar-refractivity contribution is 0.296. The molecule has 28 heavy (non-hydrogen) atoms. The van der Waals surface area contributed by atoms with E-state index in [1.807, 2.05) is 49.4 Å². The molecule has 0 fully saturated rings. The number of aromatic nitrogens is 1. The number of benzene rings is 3. The Labute approximate surface area is 171 Å². The van der Waals surface area contributed by atoms with E-state index < -0.39 is 0 Å². The second kappa shape index (κ2) is 7.48. The van der Waals surface area contributed by atoms with Crippen LogP contribution in [0, 0.1) is 12.1 Å². The fourth-order valence-corrected chi connectivity index (χ4v) is 4.37. The molecule has 0 saturated heterocycles. The maximum Gasteiger partial charge on any atom is 0.119 e. The second-order valence-electron chi connectivity index (χ2n) is 6.31. The third-order valence-corrected chi connectivity index (χ3v) is 6.04. The first-order chi connectivity index (χ1) is 13.5. The SMILES string of the molecule is COc1ccc2nc3cc(Cl)ccc3c(Sc3ccc(N([O-])O)cc3C)c2c1. The number of aryl methyl sites for hydroxylation is 1. The van der Waals surface area contributed by atoms with Gasteiger partial charge in [0.1, 0.15) is 5.75 Å². The Morgan fingerprint density at radius 1 is 1.04 bits per heavy atom. The zero-order chi connectivity index (χ0) is 19.8. The first kappa shape index (κ1) is 18.8. The van der Waals surface area contributed by atoms with Gasteiger partial charge in [0.05, 0.1) is 23.8 Å². The molecule has 0 unspecified atom stereocenters. The summed E-state index contributed by atoms with van der Waals surface area (Å²) in [6.45, 7) is 1.90. The van der Waals surface area contributed by atoms with E-state index in [0.717, 1.165) is 42.9 Å². The van der Waals surface area contributed by atoms with Crippen LogP contribution in [0.1, 0.15) is 5.56 Å². The number of anilines is 1. The average molecular weight is 412 g/mol. The Kier molecular flexibility index (Phi) is 5.03. The van der Waals surface area contributed by atoms with E-state index in [4.69, 9.17) is 26.5 Å². The van der Waals surface area contributed by atoms with Crippen LogP contribution in [0.2, 0.25) is 5.02 Å². The molecule has 1 N–H and O–H groups in total. The summed E-state index contributed by atoms with van der Waals surface area (Å²) < 4.78 is 5.40. The van der Waals surface area contributed by atoms with Crippen molar-refractivity contribution in [1.29, 1.82) is 0 Å². The van der Waals surface area contributed by atoms with Gasteiger partial charge in [0.15, 0.2) is 0 Å². The Balaban J connectivity index is 1.94. The fourth-order valence-electron chi connectivity index (χ4n) is 3.07. The van der Waals surface area contributed by atoms with E-state index >= 15 is 0 Å². The molecule has 0 radical (unpaired) electrons. The summed E-state index contributed by atoms with van der Waals surface area (Å²) in [7, 11) is 1.63. The number of methoxy groups -OCH3 is 1. The molecule has 3 aromatic carbocycles. The monoisotopic (exact) mass is 411 g/mol. The van der Waals surface area contributed by atoms with Crippen molar-refractivity contribution in [3.8, 4) is 5.75 Å². The van der Waals surface area contributed by atoms with Gasteiger partial charge in [0.25, 0.3) is 0 Å². The molecular formula is C21H16ClN2O3S-. The van der Waals surface area contributed by atoms with Gasteiger partial charge in [-0.3, -0.25) is 5.21 Å². The minimum absolute atomic E-state index is 0.133. The molecule has 0 saturated carbocycles. The van der Waals surface area contributed by atoms with Gasteiger partial charge < -0.3 is 15.2 Å². The second-order valence-corrected chi connectivity index (χ2v) is 7.80. The molecule has 0 amide bonds. The van der Waals surface area contributed by atoms with Gasteiger partial charge in [-0.2, -0.15) is 0 Å². The molecule has 0 spiro atoms. The number of rotatable bonds is 4. The van der Waals surface area contributed by atoms with E-state index in [9.17, 15) is 5.21 Å². The molecular weight excluding hydrogens is 396 g/mol. The number of fused-ring (bicyclic) bond motifs is 2. The molecule has 0 aliphatic carbocycles. The molecule has 0 bridgehead atoms. The van der Waals surface area contributed by atoms with Crippen molar-refractivity contribution in [2.24, 2.45) is 0 Å². The lowest BCUT2D eigenvalue weighted by atomic mass is 10.1. The van der Waals surface area contributed by atoms with Crippen molar-refractivity contribution in [2.75, 3.05) is 12.3 Å². The average Bonchev–Trinajstić information content (AvgIpc) is 2.68. The summed E-state index contributed by atoms with van der Waals surface area (Å²) >= 11 is 7.76. The van der Waals surface area contributed by atoms with E-state index in [-0.39, 0.29) is 10.9 Å². The van der Waals surface area contributed by atoms with Crippen LogP contribution in [-0.2, 0) is 0 Å². The zero-order valence-electron chi connectivity index (χ0n) is 15.1. The Morgan fingerprint density at radius 2 is 1.86 bits per heavy atom. The maximum absolute atomic E-state index is 11.2. The minimum atomic E-state index is -0.133. The quantitative estimate of drug-likeness (QED) is 0.318. The van der Waals surface area contributed by atoms with Gasteiger partial charge >= 0.3 is 0 Å². The smallest absolute Gasteiger partial charge is 0.119 e. The number of pyridine rings is 1. The predicted molar refractivity (Wildman–Crippen MR) is 114 cm³/mol. The molecule has 0 aliphatic rings. The van der Waals surface area contributed by atoms with Crippen molar-refractivity contribution < 1.29 is 9.94 Å². The van der Waals surface area contributed by atoms with Crippen LogP contribution >= 0.6 is 23.4 Å². The number of ether oxygens (including phenoxy) is 1. The van der Waals surface area contributed by atoms with Crippen LogP contribution in [-0.4, -0.2) is 17.3 Å². The Bertz CT molecular complexity index is 1200. The van der Waals surface area contributed by atoms with Gasteiger partial charge in [-0.1, -0.05) is 29.4 Å². The molecule has 0 aliphatic heterocycles. The topological polar surface area (TPSA) is 68.7 Å². The first-order valence-electron chi connectivity index (χ1n) is 8.48. The largest absolute Gasteiger partial charge is 0.733 e. The molecule has 7 heteroatoms. The number of nitrogens with zero attached hydrogens (tertiary/aromatic N) is 2. The number of halogens is 1. The highest BCUT2D eigenvalue weighted by Crippen LogP contribution is 2.41. The van der Waals surface area contributed by atoms with Gasteiger partial charge in [0.2, 0.25) is 0 Å². The van der Waals surface area contributed by atoms with Gasteiger partial charge in [0, 0.05) is 25.6 Å². The Morgan fingerprint density at radius 3 is 2.57 bits per heavy atom. The lowest BCUT2D eigenvalue weighted by Gasteiger charge is -2.22. The van der Waals surface area contributed by atoms with Crippen LogP contribution < -0.4 is 9.96 Å². The highest BCUT2D eigenvalue weighted by molar-refractivity contribution is 7.99. The standard InChI is InChI=1S/C21H16ClN2O3S/c1-12-9-14(24(25)26)4-8-20(12)28-21-16-6-3-13(22)10-19(16)23-18-7-5-15(27-2)11-17(18)21/h3-11,25H,1-2H3/q-1. The molecule has 0 atom stereocenters. The summed E-state index contributed by atoms with van der Waals surface area (Å²) in [5, 5.41) is 22.7. The highest BCUT2D eigenvalue weighted by atomic mass is 35.5. The first-order valence-corrected chi connectivity index (χ1v) is 9.67. The van der Waals surface area contributed by atoms with Crippen LogP contribution in [0.3, 0.4) is 0 Å². The third-order valence-electron chi connectivity index (χ3n) is 4.49. The van der Waals surface area contributed by atoms with Crippen LogP contribution in [0.25, 0.3) is 21.8 Å². The molecule has 4 rings (SSSR count). The number of hydrogen-bond donors (Lipinski definition) is 1. The maximum atomic E-state index is 11.2. The van der Waals surface area contributed by atoms with Gasteiger partial charge in [-0.05, 0) is 61.0 Å². The Hall–Kier alpha value is -2.51. The molecule has 4 aromatic rings. The summed E-state index contributed by atoms with van der Waals surface area (Å²) in [6.07, 6.45) is 0.